The van der Waals surface area contributed by atoms with Crippen LogP contribution < -0.4 is 0 Å². The van der Waals surface area contributed by atoms with E-state index in [1.807, 2.05) is 4.90 Å². The summed E-state index contributed by atoms with van der Waals surface area (Å²) in [5, 5.41) is 8.82. The predicted molar refractivity (Wildman–Crippen MR) is 86.0 cm³/mol. The molecular formula is C18H26N2O. The first-order chi connectivity index (χ1) is 9.93. The zero-order valence-corrected chi connectivity index (χ0v) is 13.6. The molecular weight excluding hydrogens is 260 g/mol. The minimum absolute atomic E-state index is 0.0702. The summed E-state index contributed by atoms with van der Waals surface area (Å²) < 4.78 is 0. The molecule has 0 aromatic heterocycles. The van der Waals surface area contributed by atoms with Gasteiger partial charge >= 0.3 is 0 Å². The molecule has 0 radical (unpaired) electrons. The van der Waals surface area contributed by atoms with E-state index in [9.17, 15) is 4.79 Å². The number of hydrogen-bond acceptors (Lipinski definition) is 2. The molecule has 3 heteroatoms. The Morgan fingerprint density at radius 3 is 1.90 bits per heavy atom. The van der Waals surface area contributed by atoms with Crippen LogP contribution in [-0.2, 0) is 0 Å². The first kappa shape index (κ1) is 17.2. The quantitative estimate of drug-likeness (QED) is 0.757. The highest BCUT2D eigenvalue weighted by Gasteiger charge is 2.16. The molecule has 0 N–H and O–H groups in total. The summed E-state index contributed by atoms with van der Waals surface area (Å²) in [6.45, 7) is 10.3. The van der Waals surface area contributed by atoms with Crippen LogP contribution in [0, 0.1) is 23.2 Å². The van der Waals surface area contributed by atoms with Gasteiger partial charge in [0, 0.05) is 18.7 Å². The Kier molecular flexibility index (Phi) is 6.94. The van der Waals surface area contributed by atoms with E-state index in [1.165, 1.54) is 0 Å². The molecule has 0 aliphatic rings. The van der Waals surface area contributed by atoms with E-state index in [1.54, 1.807) is 24.3 Å². The molecule has 1 rings (SSSR count). The van der Waals surface area contributed by atoms with Gasteiger partial charge < -0.3 is 4.90 Å². The maximum absolute atomic E-state index is 12.6. The fourth-order valence-corrected chi connectivity index (χ4v) is 2.01. The molecule has 0 aliphatic heterocycles. The second kappa shape index (κ2) is 8.46. The van der Waals surface area contributed by atoms with Crippen molar-refractivity contribution in [2.24, 2.45) is 11.8 Å². The number of rotatable bonds is 7. The number of amides is 1. The summed E-state index contributed by atoms with van der Waals surface area (Å²) in [5.74, 6) is 1.24. The zero-order chi connectivity index (χ0) is 15.8. The van der Waals surface area contributed by atoms with E-state index in [-0.39, 0.29) is 5.91 Å². The maximum atomic E-state index is 12.6. The summed E-state index contributed by atoms with van der Waals surface area (Å²) in [5.41, 5.74) is 1.25. The second-order valence-corrected chi connectivity index (χ2v) is 6.35. The highest BCUT2D eigenvalue weighted by atomic mass is 16.2. The predicted octanol–water partition coefficient (Wildman–Crippen LogP) is 4.09. The van der Waals surface area contributed by atoms with E-state index in [2.05, 4.69) is 33.8 Å². The van der Waals surface area contributed by atoms with Crippen LogP contribution in [0.25, 0.3) is 0 Å². The fraction of sp³-hybridized carbons (Fsp3) is 0.556. The van der Waals surface area contributed by atoms with Crippen LogP contribution in [0.2, 0.25) is 0 Å². The van der Waals surface area contributed by atoms with Crippen LogP contribution in [0.15, 0.2) is 24.3 Å². The summed E-state index contributed by atoms with van der Waals surface area (Å²) in [7, 11) is 0. The molecule has 0 spiro atoms. The molecule has 0 saturated carbocycles. The fourth-order valence-electron chi connectivity index (χ4n) is 2.01. The van der Waals surface area contributed by atoms with Crippen molar-refractivity contribution in [2.45, 2.75) is 40.5 Å². The lowest BCUT2D eigenvalue weighted by Gasteiger charge is -2.24. The molecule has 0 aliphatic carbocycles. The van der Waals surface area contributed by atoms with Crippen molar-refractivity contribution in [3.63, 3.8) is 0 Å². The molecule has 21 heavy (non-hydrogen) atoms. The molecule has 3 nitrogen and oxygen atoms in total. The monoisotopic (exact) mass is 286 g/mol. The number of nitriles is 1. The van der Waals surface area contributed by atoms with Gasteiger partial charge in [0.15, 0.2) is 0 Å². The van der Waals surface area contributed by atoms with E-state index in [0.29, 0.717) is 23.0 Å². The molecule has 0 bridgehead atoms. The Bertz CT molecular complexity index is 471. The van der Waals surface area contributed by atoms with Gasteiger partial charge in [-0.3, -0.25) is 4.79 Å². The van der Waals surface area contributed by atoms with Gasteiger partial charge in [0.05, 0.1) is 11.6 Å². The molecule has 1 amide bonds. The second-order valence-electron chi connectivity index (χ2n) is 6.35. The standard InChI is InChI=1S/C18H26N2O/c1-14(2)9-11-20(12-10-15(3)4)18(21)17-7-5-16(13-19)6-8-17/h5-8,14-15H,9-12H2,1-4H3. The number of carbonyl (C=O) groups excluding carboxylic acids is 1. The first-order valence-corrected chi connectivity index (χ1v) is 7.73. The number of hydrogen-bond donors (Lipinski definition) is 0. The molecule has 114 valence electrons. The van der Waals surface area contributed by atoms with Crippen molar-refractivity contribution >= 4 is 5.91 Å². The van der Waals surface area contributed by atoms with Gasteiger partial charge in [-0.15, -0.1) is 0 Å². The minimum atomic E-state index is 0.0702. The van der Waals surface area contributed by atoms with Crippen LogP contribution >= 0.6 is 0 Å². The van der Waals surface area contributed by atoms with Gasteiger partial charge in [-0.2, -0.15) is 5.26 Å². The lowest BCUT2D eigenvalue weighted by atomic mass is 10.1. The van der Waals surface area contributed by atoms with Crippen LogP contribution in [0.4, 0.5) is 0 Å². The lowest BCUT2D eigenvalue weighted by molar-refractivity contribution is 0.0741. The topological polar surface area (TPSA) is 44.1 Å². The molecule has 0 heterocycles. The highest BCUT2D eigenvalue weighted by Crippen LogP contribution is 2.12. The molecule has 0 unspecified atom stereocenters. The zero-order valence-electron chi connectivity index (χ0n) is 13.6. The van der Waals surface area contributed by atoms with Crippen molar-refractivity contribution in [1.29, 1.82) is 5.26 Å². The van der Waals surface area contributed by atoms with Gasteiger partial charge in [-0.25, -0.2) is 0 Å². The molecule has 1 aromatic carbocycles. The Hall–Kier alpha value is -1.82. The Morgan fingerprint density at radius 1 is 1.05 bits per heavy atom. The highest BCUT2D eigenvalue weighted by molar-refractivity contribution is 5.94. The third-order valence-electron chi connectivity index (χ3n) is 3.50. The molecule has 0 fully saturated rings. The third kappa shape index (κ3) is 5.99. The lowest BCUT2D eigenvalue weighted by Crippen LogP contribution is -2.34. The van der Waals surface area contributed by atoms with Crippen molar-refractivity contribution in [1.82, 2.24) is 4.90 Å². The van der Waals surface area contributed by atoms with Gasteiger partial charge in [0.25, 0.3) is 5.91 Å². The smallest absolute Gasteiger partial charge is 0.253 e. The van der Waals surface area contributed by atoms with Crippen molar-refractivity contribution in [3.8, 4) is 6.07 Å². The van der Waals surface area contributed by atoms with E-state index in [4.69, 9.17) is 5.26 Å². The van der Waals surface area contributed by atoms with E-state index in [0.717, 1.165) is 25.9 Å². The Labute approximate surface area is 128 Å². The van der Waals surface area contributed by atoms with E-state index < -0.39 is 0 Å². The van der Waals surface area contributed by atoms with Crippen molar-refractivity contribution in [3.05, 3.63) is 35.4 Å². The molecule has 0 atom stereocenters. The SMILES string of the molecule is CC(C)CCN(CCC(C)C)C(=O)c1ccc(C#N)cc1. The summed E-state index contributed by atoms with van der Waals surface area (Å²) in [6, 6.07) is 8.98. The summed E-state index contributed by atoms with van der Waals surface area (Å²) >= 11 is 0. The van der Waals surface area contributed by atoms with Gasteiger partial charge in [0.2, 0.25) is 0 Å². The van der Waals surface area contributed by atoms with E-state index >= 15 is 0 Å². The Morgan fingerprint density at radius 2 is 1.52 bits per heavy atom. The van der Waals surface area contributed by atoms with Gasteiger partial charge in [-0.05, 0) is 48.9 Å². The Balaban J connectivity index is 2.78. The summed E-state index contributed by atoms with van der Waals surface area (Å²) in [4.78, 5) is 14.6. The number of carbonyl (C=O) groups is 1. The van der Waals surface area contributed by atoms with Crippen molar-refractivity contribution < 1.29 is 4.79 Å². The van der Waals surface area contributed by atoms with Crippen LogP contribution in [0.5, 0.6) is 0 Å². The van der Waals surface area contributed by atoms with Crippen LogP contribution in [-0.4, -0.2) is 23.9 Å². The van der Waals surface area contributed by atoms with Gasteiger partial charge in [0.1, 0.15) is 0 Å². The number of nitrogens with zero attached hydrogens (tertiary/aromatic N) is 2. The first-order valence-electron chi connectivity index (χ1n) is 7.73. The van der Waals surface area contributed by atoms with Crippen molar-refractivity contribution in [2.75, 3.05) is 13.1 Å². The van der Waals surface area contributed by atoms with Crippen LogP contribution in [0.3, 0.4) is 0 Å². The maximum Gasteiger partial charge on any atom is 0.253 e. The summed E-state index contributed by atoms with van der Waals surface area (Å²) in [6.07, 6.45) is 2.03. The average Bonchev–Trinajstić information content (AvgIpc) is 2.46. The van der Waals surface area contributed by atoms with Crippen LogP contribution in [0.1, 0.15) is 56.5 Å². The van der Waals surface area contributed by atoms with Gasteiger partial charge in [-0.1, -0.05) is 27.7 Å². The third-order valence-corrected chi connectivity index (χ3v) is 3.50. The average molecular weight is 286 g/mol. The molecule has 0 saturated heterocycles. The largest absolute Gasteiger partial charge is 0.339 e. The minimum Gasteiger partial charge on any atom is -0.339 e. The number of benzene rings is 1. The molecule has 1 aromatic rings. The normalized spacial score (nSPS) is 10.7.